The maximum Gasteiger partial charge on any atom is 0.260 e. The summed E-state index contributed by atoms with van der Waals surface area (Å²) in [6.07, 6.45) is 0. The molecule has 0 fully saturated rings. The van der Waals surface area contributed by atoms with Gasteiger partial charge in [-0.15, -0.1) is 0 Å². The third-order valence-corrected chi connectivity index (χ3v) is 2.74. The average molecular weight is 261 g/mol. The number of aromatic amines is 1. The standard InChI is InChI=1S/C12H15N5O2/c1-2-17(6-10(14)18)12-15-9-4-3-7(13)5-8(9)11(19)16-12/h3-5H,2,6,13H2,1H3,(H2,14,18)(H,15,16,19). The van der Waals surface area contributed by atoms with Gasteiger partial charge >= 0.3 is 0 Å². The molecule has 0 atom stereocenters. The SMILES string of the molecule is CCN(CC(N)=O)c1nc2ccc(N)cc2c(=O)[nH]1. The molecule has 7 nitrogen and oxygen atoms in total. The predicted molar refractivity (Wildman–Crippen MR) is 73.9 cm³/mol. The quantitative estimate of drug-likeness (QED) is 0.659. The number of fused-ring (bicyclic) bond motifs is 1. The van der Waals surface area contributed by atoms with Gasteiger partial charge in [0, 0.05) is 12.2 Å². The van der Waals surface area contributed by atoms with Crippen molar-refractivity contribution in [3.63, 3.8) is 0 Å². The first-order chi connectivity index (χ1) is 9.01. The van der Waals surface area contributed by atoms with Gasteiger partial charge in [-0.25, -0.2) is 4.98 Å². The molecule has 0 aliphatic rings. The Bertz CT molecular complexity index is 679. The van der Waals surface area contributed by atoms with E-state index >= 15 is 0 Å². The van der Waals surface area contributed by atoms with E-state index in [1.807, 2.05) is 6.92 Å². The Morgan fingerprint density at radius 2 is 2.21 bits per heavy atom. The topological polar surface area (TPSA) is 118 Å². The molecule has 0 saturated heterocycles. The highest BCUT2D eigenvalue weighted by Gasteiger charge is 2.12. The van der Waals surface area contributed by atoms with Gasteiger partial charge in [-0.05, 0) is 25.1 Å². The van der Waals surface area contributed by atoms with Crippen LogP contribution in [0.1, 0.15) is 6.92 Å². The van der Waals surface area contributed by atoms with Crippen LogP contribution in [-0.2, 0) is 4.79 Å². The molecule has 1 amide bonds. The number of amides is 1. The van der Waals surface area contributed by atoms with E-state index in [9.17, 15) is 9.59 Å². The molecule has 0 unspecified atom stereocenters. The number of nitrogens with two attached hydrogens (primary N) is 2. The number of anilines is 2. The zero-order valence-electron chi connectivity index (χ0n) is 10.5. The monoisotopic (exact) mass is 261 g/mol. The number of nitrogen functional groups attached to an aromatic ring is 1. The fraction of sp³-hybridized carbons (Fsp3) is 0.250. The van der Waals surface area contributed by atoms with Crippen molar-refractivity contribution in [3.8, 4) is 0 Å². The number of nitrogens with one attached hydrogen (secondary N) is 1. The zero-order valence-corrected chi connectivity index (χ0v) is 10.5. The van der Waals surface area contributed by atoms with Crippen LogP contribution in [0.3, 0.4) is 0 Å². The molecule has 100 valence electrons. The van der Waals surface area contributed by atoms with Gasteiger partial charge in [0.2, 0.25) is 11.9 Å². The molecular formula is C12H15N5O2. The lowest BCUT2D eigenvalue weighted by Gasteiger charge is -2.19. The number of aromatic nitrogens is 2. The molecule has 0 radical (unpaired) electrons. The molecule has 0 aliphatic carbocycles. The van der Waals surface area contributed by atoms with Gasteiger partial charge in [0.1, 0.15) is 0 Å². The first-order valence-corrected chi connectivity index (χ1v) is 5.84. The predicted octanol–water partition coefficient (Wildman–Crippen LogP) is -0.183. The highest BCUT2D eigenvalue weighted by Crippen LogP contribution is 2.14. The minimum absolute atomic E-state index is 0.0000802. The Morgan fingerprint density at radius 1 is 1.47 bits per heavy atom. The molecule has 0 bridgehead atoms. The summed E-state index contributed by atoms with van der Waals surface area (Å²) in [5.74, 6) is -0.162. The van der Waals surface area contributed by atoms with E-state index in [4.69, 9.17) is 11.5 Å². The second-order valence-electron chi connectivity index (χ2n) is 4.15. The van der Waals surface area contributed by atoms with Crippen LogP contribution in [0.25, 0.3) is 10.9 Å². The third-order valence-electron chi connectivity index (χ3n) is 2.74. The summed E-state index contributed by atoms with van der Waals surface area (Å²) >= 11 is 0. The van der Waals surface area contributed by atoms with E-state index in [2.05, 4.69) is 9.97 Å². The second kappa shape index (κ2) is 4.97. The van der Waals surface area contributed by atoms with Crippen molar-refractivity contribution >= 4 is 28.4 Å². The summed E-state index contributed by atoms with van der Waals surface area (Å²) in [5.41, 5.74) is 11.5. The molecule has 1 heterocycles. The number of hydrogen-bond acceptors (Lipinski definition) is 5. The lowest BCUT2D eigenvalue weighted by molar-refractivity contribution is -0.116. The van der Waals surface area contributed by atoms with Gasteiger partial charge in [-0.2, -0.15) is 0 Å². The molecule has 5 N–H and O–H groups in total. The third kappa shape index (κ3) is 2.65. The van der Waals surface area contributed by atoms with Crippen molar-refractivity contribution in [3.05, 3.63) is 28.6 Å². The fourth-order valence-corrected chi connectivity index (χ4v) is 1.82. The van der Waals surface area contributed by atoms with E-state index in [0.717, 1.165) is 0 Å². The summed E-state index contributed by atoms with van der Waals surface area (Å²) in [6, 6.07) is 4.90. The van der Waals surface area contributed by atoms with Gasteiger partial charge in [0.05, 0.1) is 17.4 Å². The zero-order chi connectivity index (χ0) is 14.0. The van der Waals surface area contributed by atoms with E-state index in [1.54, 1.807) is 23.1 Å². The van der Waals surface area contributed by atoms with Crippen LogP contribution < -0.4 is 21.9 Å². The lowest BCUT2D eigenvalue weighted by atomic mass is 10.2. The van der Waals surface area contributed by atoms with Crippen LogP contribution in [0.4, 0.5) is 11.6 Å². The van der Waals surface area contributed by atoms with Crippen LogP contribution in [0.2, 0.25) is 0 Å². The summed E-state index contributed by atoms with van der Waals surface area (Å²) in [5, 5.41) is 0.416. The number of nitrogens with zero attached hydrogens (tertiary/aromatic N) is 2. The van der Waals surface area contributed by atoms with Gasteiger partial charge in [-0.3, -0.25) is 14.6 Å². The summed E-state index contributed by atoms with van der Waals surface area (Å²) in [4.78, 5) is 31.5. The van der Waals surface area contributed by atoms with Crippen molar-refractivity contribution in [1.29, 1.82) is 0 Å². The molecule has 7 heteroatoms. The Labute approximate surface area is 109 Å². The van der Waals surface area contributed by atoms with Crippen LogP contribution >= 0.6 is 0 Å². The maximum absolute atomic E-state index is 12.0. The normalized spacial score (nSPS) is 10.6. The Hall–Kier alpha value is -2.57. The van der Waals surface area contributed by atoms with Crippen LogP contribution in [0.5, 0.6) is 0 Å². The molecule has 1 aromatic heterocycles. The highest BCUT2D eigenvalue weighted by molar-refractivity contribution is 5.83. The first kappa shape index (κ1) is 12.9. The second-order valence-corrected chi connectivity index (χ2v) is 4.15. The molecule has 19 heavy (non-hydrogen) atoms. The Kier molecular flexibility index (Phi) is 3.37. The van der Waals surface area contributed by atoms with Gasteiger partial charge < -0.3 is 16.4 Å². The summed E-state index contributed by atoms with van der Waals surface area (Å²) in [7, 11) is 0. The van der Waals surface area contributed by atoms with E-state index in [0.29, 0.717) is 29.1 Å². The van der Waals surface area contributed by atoms with E-state index in [-0.39, 0.29) is 12.1 Å². The maximum atomic E-state index is 12.0. The van der Waals surface area contributed by atoms with Gasteiger partial charge in [-0.1, -0.05) is 0 Å². The number of rotatable bonds is 4. The highest BCUT2D eigenvalue weighted by atomic mass is 16.1. The van der Waals surface area contributed by atoms with Crippen molar-refractivity contribution in [2.45, 2.75) is 6.92 Å². The van der Waals surface area contributed by atoms with Gasteiger partial charge in [0.15, 0.2) is 0 Å². The van der Waals surface area contributed by atoms with E-state index < -0.39 is 5.91 Å². The van der Waals surface area contributed by atoms with Crippen molar-refractivity contribution in [2.24, 2.45) is 5.73 Å². The molecule has 2 rings (SSSR count). The molecule has 0 spiro atoms. The van der Waals surface area contributed by atoms with Gasteiger partial charge in [0.25, 0.3) is 5.56 Å². The molecule has 2 aromatic rings. The Balaban J connectivity index is 2.53. The van der Waals surface area contributed by atoms with Crippen LogP contribution in [0.15, 0.2) is 23.0 Å². The van der Waals surface area contributed by atoms with Crippen LogP contribution in [0, 0.1) is 0 Å². The fourth-order valence-electron chi connectivity index (χ4n) is 1.82. The molecular weight excluding hydrogens is 246 g/mol. The molecule has 0 saturated carbocycles. The minimum Gasteiger partial charge on any atom is -0.399 e. The Morgan fingerprint density at radius 3 is 2.84 bits per heavy atom. The number of hydrogen-bond donors (Lipinski definition) is 3. The minimum atomic E-state index is -0.484. The number of primary amides is 1. The number of benzene rings is 1. The number of carbonyl (C=O) groups is 1. The lowest BCUT2D eigenvalue weighted by Crippen LogP contribution is -2.35. The van der Waals surface area contributed by atoms with Crippen molar-refractivity contribution < 1.29 is 4.79 Å². The van der Waals surface area contributed by atoms with Crippen molar-refractivity contribution in [2.75, 3.05) is 23.7 Å². The summed E-state index contributed by atoms with van der Waals surface area (Å²) < 4.78 is 0. The molecule has 0 aliphatic heterocycles. The number of likely N-dealkylation sites (N-methyl/N-ethyl adjacent to an activating group) is 1. The first-order valence-electron chi connectivity index (χ1n) is 5.84. The average Bonchev–Trinajstić information content (AvgIpc) is 2.36. The number of carbonyl (C=O) groups excluding carboxylic acids is 1. The van der Waals surface area contributed by atoms with Crippen LogP contribution in [-0.4, -0.2) is 29.0 Å². The van der Waals surface area contributed by atoms with Crippen molar-refractivity contribution in [1.82, 2.24) is 9.97 Å². The smallest absolute Gasteiger partial charge is 0.260 e. The molecule has 1 aromatic carbocycles. The summed E-state index contributed by atoms with van der Waals surface area (Å²) in [6.45, 7) is 2.35. The van der Waals surface area contributed by atoms with E-state index in [1.165, 1.54) is 0 Å². The number of H-pyrrole nitrogens is 1. The largest absolute Gasteiger partial charge is 0.399 e.